The minimum Gasteiger partial charge on any atom is -0.396 e. The van der Waals surface area contributed by atoms with Crippen molar-refractivity contribution in [3.63, 3.8) is 0 Å². The Bertz CT molecular complexity index is 811. The van der Waals surface area contributed by atoms with Crippen molar-refractivity contribution in [3.05, 3.63) is 30.0 Å². The van der Waals surface area contributed by atoms with Crippen molar-refractivity contribution < 1.29 is 13.5 Å². The molecule has 2 aromatic rings. The normalized spacial score (nSPS) is 22.5. The number of imidazole rings is 1. The average Bonchev–Trinajstić information content (AvgIpc) is 3.25. The van der Waals surface area contributed by atoms with E-state index in [0.717, 1.165) is 5.56 Å². The first-order chi connectivity index (χ1) is 11.3. The van der Waals surface area contributed by atoms with Gasteiger partial charge in [0.25, 0.3) is 10.0 Å². The lowest BCUT2D eigenvalue weighted by Gasteiger charge is -2.14. The Kier molecular flexibility index (Phi) is 4.50. The number of aliphatic hydroxyl groups is 1. The number of aryl methyl sites for hydroxylation is 1. The van der Waals surface area contributed by atoms with Crippen molar-refractivity contribution in [2.75, 3.05) is 19.7 Å². The van der Waals surface area contributed by atoms with Crippen molar-refractivity contribution in [2.45, 2.75) is 30.7 Å². The van der Waals surface area contributed by atoms with Gasteiger partial charge in [-0.15, -0.1) is 0 Å². The molecule has 8 nitrogen and oxygen atoms in total. The Labute approximate surface area is 141 Å². The van der Waals surface area contributed by atoms with Crippen molar-refractivity contribution in [1.29, 1.82) is 0 Å². The van der Waals surface area contributed by atoms with Crippen LogP contribution in [0.5, 0.6) is 0 Å². The van der Waals surface area contributed by atoms with Crippen LogP contribution in [0.15, 0.2) is 23.6 Å². The van der Waals surface area contributed by atoms with Crippen molar-refractivity contribution in [2.24, 2.45) is 13.0 Å². The van der Waals surface area contributed by atoms with Crippen molar-refractivity contribution in [3.8, 4) is 0 Å². The molecule has 0 bridgehead atoms. The summed E-state index contributed by atoms with van der Waals surface area (Å²) in [6.07, 6.45) is 4.98. The zero-order chi connectivity index (χ0) is 17.5. The fraction of sp³-hybridized carbons (Fsp3) is 0.600. The summed E-state index contributed by atoms with van der Waals surface area (Å²) in [5, 5.41) is 13.9. The van der Waals surface area contributed by atoms with Crippen molar-refractivity contribution >= 4 is 10.0 Å². The number of aliphatic hydroxyl groups excluding tert-OH is 1. The molecule has 2 N–H and O–H groups in total. The molecule has 132 valence electrons. The molecule has 0 radical (unpaired) electrons. The zero-order valence-electron chi connectivity index (χ0n) is 14.0. The molecule has 9 heteroatoms. The van der Waals surface area contributed by atoms with Crippen LogP contribution in [0.3, 0.4) is 0 Å². The third-order valence-electron chi connectivity index (χ3n) is 4.53. The molecule has 2 atom stereocenters. The number of H-pyrrole nitrogens is 1. The van der Waals surface area contributed by atoms with Crippen LogP contribution in [0.2, 0.25) is 0 Å². The van der Waals surface area contributed by atoms with Gasteiger partial charge < -0.3 is 10.1 Å². The molecule has 3 rings (SSSR count). The van der Waals surface area contributed by atoms with E-state index in [1.165, 1.54) is 10.5 Å². The van der Waals surface area contributed by atoms with Crippen LogP contribution in [0.25, 0.3) is 0 Å². The van der Waals surface area contributed by atoms with Gasteiger partial charge in [0, 0.05) is 50.7 Å². The van der Waals surface area contributed by atoms with Crippen LogP contribution >= 0.6 is 0 Å². The summed E-state index contributed by atoms with van der Waals surface area (Å²) in [6.45, 7) is 4.45. The predicted molar refractivity (Wildman–Crippen MR) is 88.0 cm³/mol. The summed E-state index contributed by atoms with van der Waals surface area (Å²) in [5.74, 6) is 0.568. The van der Waals surface area contributed by atoms with Gasteiger partial charge in [0.05, 0.1) is 12.4 Å². The number of rotatable bonds is 5. The predicted octanol–water partition coefficient (Wildman–Crippen LogP) is 0.663. The molecule has 0 unspecified atom stereocenters. The molecule has 0 amide bonds. The van der Waals surface area contributed by atoms with Crippen LogP contribution < -0.4 is 0 Å². The van der Waals surface area contributed by atoms with E-state index in [4.69, 9.17) is 0 Å². The SMILES string of the molecule is CC(C)c1ncc(S(=O)(=O)N2C[C@@H](CO)[C@H](c3cnn(C)c3)C2)[nH]1. The van der Waals surface area contributed by atoms with Gasteiger partial charge >= 0.3 is 0 Å². The summed E-state index contributed by atoms with van der Waals surface area (Å²) in [5.41, 5.74) is 0.946. The molecule has 1 saturated heterocycles. The number of hydrogen-bond acceptors (Lipinski definition) is 5. The minimum absolute atomic E-state index is 0.0637. The third kappa shape index (κ3) is 2.99. The maximum Gasteiger partial charge on any atom is 0.260 e. The van der Waals surface area contributed by atoms with Crippen LogP contribution in [-0.4, -0.2) is 57.3 Å². The highest BCUT2D eigenvalue weighted by Crippen LogP contribution is 2.35. The second-order valence-corrected chi connectivity index (χ2v) is 8.51. The Hall–Kier alpha value is -1.71. The van der Waals surface area contributed by atoms with Gasteiger partial charge in [-0.2, -0.15) is 9.40 Å². The molecule has 3 heterocycles. The summed E-state index contributed by atoms with van der Waals surface area (Å²) in [4.78, 5) is 7.05. The summed E-state index contributed by atoms with van der Waals surface area (Å²) in [7, 11) is -1.83. The van der Waals surface area contributed by atoms with Gasteiger partial charge in [0.2, 0.25) is 0 Å². The van der Waals surface area contributed by atoms with Gasteiger partial charge in [-0.1, -0.05) is 13.8 Å². The summed E-state index contributed by atoms with van der Waals surface area (Å²) >= 11 is 0. The Morgan fingerprint density at radius 2 is 2.12 bits per heavy atom. The first-order valence-electron chi connectivity index (χ1n) is 7.97. The van der Waals surface area contributed by atoms with Crippen LogP contribution in [0.4, 0.5) is 0 Å². The highest BCUT2D eigenvalue weighted by atomic mass is 32.2. The molecular weight excluding hydrogens is 330 g/mol. The molecule has 1 aliphatic rings. The lowest BCUT2D eigenvalue weighted by Crippen LogP contribution is -2.29. The van der Waals surface area contributed by atoms with Crippen LogP contribution in [0, 0.1) is 5.92 Å². The maximum absolute atomic E-state index is 12.9. The fourth-order valence-corrected chi connectivity index (χ4v) is 4.55. The highest BCUT2D eigenvalue weighted by Gasteiger charge is 2.40. The van der Waals surface area contributed by atoms with E-state index in [2.05, 4.69) is 15.1 Å². The molecule has 0 spiro atoms. The molecular formula is C15H23N5O3S. The number of nitrogens with one attached hydrogen (secondary N) is 1. The Morgan fingerprint density at radius 1 is 1.38 bits per heavy atom. The molecule has 1 fully saturated rings. The zero-order valence-corrected chi connectivity index (χ0v) is 14.9. The van der Waals surface area contributed by atoms with E-state index in [-0.39, 0.29) is 35.9 Å². The first kappa shape index (κ1) is 17.1. The maximum atomic E-state index is 12.9. The average molecular weight is 353 g/mol. The van der Waals surface area contributed by atoms with Gasteiger partial charge in [0.15, 0.2) is 5.03 Å². The van der Waals surface area contributed by atoms with Gasteiger partial charge in [0.1, 0.15) is 5.82 Å². The highest BCUT2D eigenvalue weighted by molar-refractivity contribution is 7.89. The topological polar surface area (TPSA) is 104 Å². The lowest BCUT2D eigenvalue weighted by molar-refractivity contribution is 0.223. The largest absolute Gasteiger partial charge is 0.396 e. The molecule has 2 aromatic heterocycles. The van der Waals surface area contributed by atoms with Crippen molar-refractivity contribution in [1.82, 2.24) is 24.1 Å². The number of sulfonamides is 1. The number of nitrogens with zero attached hydrogens (tertiary/aromatic N) is 4. The summed E-state index contributed by atoms with van der Waals surface area (Å²) < 4.78 is 28.8. The molecule has 0 saturated carbocycles. The Balaban J connectivity index is 1.86. The number of hydrogen-bond donors (Lipinski definition) is 2. The monoisotopic (exact) mass is 353 g/mol. The first-order valence-corrected chi connectivity index (χ1v) is 9.41. The fourth-order valence-electron chi connectivity index (χ4n) is 3.10. The van der Waals surface area contributed by atoms with E-state index >= 15 is 0 Å². The second kappa shape index (κ2) is 6.30. The third-order valence-corrected chi connectivity index (χ3v) is 6.27. The molecule has 1 aliphatic heterocycles. The molecule has 0 aliphatic carbocycles. The Morgan fingerprint density at radius 3 is 2.67 bits per heavy atom. The van der Waals surface area contributed by atoms with E-state index in [0.29, 0.717) is 12.4 Å². The van der Waals surface area contributed by atoms with Gasteiger partial charge in [-0.05, 0) is 5.56 Å². The van der Waals surface area contributed by atoms with E-state index in [9.17, 15) is 13.5 Å². The quantitative estimate of drug-likeness (QED) is 0.822. The van der Waals surface area contributed by atoms with Gasteiger partial charge in [-0.3, -0.25) is 4.68 Å². The number of aromatic nitrogens is 4. The second-order valence-electron chi connectivity index (χ2n) is 6.61. The summed E-state index contributed by atoms with van der Waals surface area (Å²) in [6, 6.07) is 0. The van der Waals surface area contributed by atoms with E-state index in [1.54, 1.807) is 10.9 Å². The van der Waals surface area contributed by atoms with E-state index in [1.807, 2.05) is 27.1 Å². The lowest BCUT2D eigenvalue weighted by atomic mass is 9.92. The van der Waals surface area contributed by atoms with Crippen LogP contribution in [-0.2, 0) is 17.1 Å². The molecule has 0 aromatic carbocycles. The smallest absolute Gasteiger partial charge is 0.260 e. The standard InChI is InChI=1S/C15H23N5O3S/c1-10(2)15-16-5-14(18-15)24(22,23)20-7-12(9-21)13(8-20)11-4-17-19(3)6-11/h4-6,10,12-13,21H,7-9H2,1-3H3,(H,16,18)/t12-,13-/m0/s1. The molecule has 24 heavy (non-hydrogen) atoms. The van der Waals surface area contributed by atoms with Crippen LogP contribution in [0.1, 0.15) is 37.1 Å². The van der Waals surface area contributed by atoms with E-state index < -0.39 is 10.0 Å². The van der Waals surface area contributed by atoms with Gasteiger partial charge in [-0.25, -0.2) is 13.4 Å². The minimum atomic E-state index is -3.65. The number of aromatic amines is 1.